The number of nitrogens with one attached hydrogen (secondary N) is 1. The number of amides is 1. The molecular weight excluding hydrogens is 350 g/mol. The fourth-order valence-corrected chi connectivity index (χ4v) is 3.27. The number of aromatic nitrogens is 1. The molecule has 1 aliphatic carbocycles. The molecule has 2 aromatic rings. The van der Waals surface area contributed by atoms with Gasteiger partial charge in [0, 0.05) is 23.3 Å². The van der Waals surface area contributed by atoms with E-state index in [1.807, 2.05) is 0 Å². The summed E-state index contributed by atoms with van der Waals surface area (Å²) in [4.78, 5) is 16.6. The quantitative estimate of drug-likeness (QED) is 0.875. The molecule has 0 saturated heterocycles. The van der Waals surface area contributed by atoms with Gasteiger partial charge in [-0.25, -0.2) is 8.78 Å². The number of halogens is 3. The van der Waals surface area contributed by atoms with Crippen LogP contribution in [0.5, 0.6) is 0 Å². The van der Waals surface area contributed by atoms with Gasteiger partial charge in [-0.2, -0.15) is 0 Å². The average molecular weight is 367 g/mol. The summed E-state index contributed by atoms with van der Waals surface area (Å²) < 4.78 is 28.6. The Balaban J connectivity index is 1.84. The molecule has 132 valence electrons. The smallest absolute Gasteiger partial charge is 0.262 e. The van der Waals surface area contributed by atoms with E-state index in [9.17, 15) is 14.3 Å². The Morgan fingerprint density at radius 1 is 1.40 bits per heavy atom. The Kier molecular flexibility index (Phi) is 4.51. The summed E-state index contributed by atoms with van der Waals surface area (Å²) in [7, 11) is 0. The van der Waals surface area contributed by atoms with E-state index >= 15 is 4.39 Å². The molecule has 0 bridgehead atoms. The standard InChI is InChI=1S/C18H17ClF2N2O2/c1-17(25)6-7-18(21,13-3-2-8-22-15(13)17)16(24)23-10-11-4-5-12(20)9-14(11)19/h2-5,8-9,25H,6-7,10H2,1H3,(H,23,24)/t17-,18-/m0/s1. The Hall–Kier alpha value is -2.05. The molecule has 1 aromatic heterocycles. The molecule has 1 aromatic carbocycles. The third kappa shape index (κ3) is 3.24. The van der Waals surface area contributed by atoms with Crippen molar-refractivity contribution in [2.45, 2.75) is 37.6 Å². The fraction of sp³-hybridized carbons (Fsp3) is 0.333. The molecule has 0 aliphatic heterocycles. The van der Waals surface area contributed by atoms with Crippen molar-refractivity contribution in [2.75, 3.05) is 0 Å². The average Bonchev–Trinajstić information content (AvgIpc) is 2.58. The Labute approximate surface area is 148 Å². The molecule has 0 saturated carbocycles. The highest BCUT2D eigenvalue weighted by atomic mass is 35.5. The second-order valence-electron chi connectivity index (χ2n) is 6.39. The highest BCUT2D eigenvalue weighted by Crippen LogP contribution is 2.45. The first kappa shape index (κ1) is 17.8. The predicted octanol–water partition coefficient (Wildman–Crippen LogP) is 3.36. The van der Waals surface area contributed by atoms with Gasteiger partial charge in [0.25, 0.3) is 5.91 Å². The second kappa shape index (κ2) is 6.35. The number of benzene rings is 1. The minimum Gasteiger partial charge on any atom is -0.384 e. The molecule has 1 aliphatic rings. The van der Waals surface area contributed by atoms with E-state index in [1.54, 1.807) is 6.92 Å². The summed E-state index contributed by atoms with van der Waals surface area (Å²) >= 11 is 5.92. The SMILES string of the molecule is C[C@]1(O)CC[C@@](F)(C(=O)NCc2ccc(F)cc2Cl)c2cccnc21. The maximum absolute atomic E-state index is 15.5. The van der Waals surface area contributed by atoms with Crippen molar-refractivity contribution in [3.05, 3.63) is 64.2 Å². The first-order chi connectivity index (χ1) is 11.7. The van der Waals surface area contributed by atoms with Crippen LogP contribution in [0.3, 0.4) is 0 Å². The zero-order valence-electron chi connectivity index (χ0n) is 13.5. The Morgan fingerprint density at radius 3 is 2.88 bits per heavy atom. The topological polar surface area (TPSA) is 62.2 Å². The number of hydrogen-bond acceptors (Lipinski definition) is 3. The molecule has 25 heavy (non-hydrogen) atoms. The molecule has 0 spiro atoms. The van der Waals surface area contributed by atoms with Gasteiger partial charge in [-0.3, -0.25) is 9.78 Å². The lowest BCUT2D eigenvalue weighted by Gasteiger charge is -2.37. The number of carbonyl (C=O) groups excluding carboxylic acids is 1. The van der Waals surface area contributed by atoms with E-state index in [4.69, 9.17) is 11.6 Å². The number of rotatable bonds is 3. The highest BCUT2D eigenvalue weighted by Gasteiger charge is 2.50. The van der Waals surface area contributed by atoms with E-state index in [2.05, 4.69) is 10.3 Å². The second-order valence-corrected chi connectivity index (χ2v) is 6.80. The highest BCUT2D eigenvalue weighted by molar-refractivity contribution is 6.31. The van der Waals surface area contributed by atoms with Gasteiger partial charge < -0.3 is 10.4 Å². The zero-order valence-corrected chi connectivity index (χ0v) is 14.3. The lowest BCUT2D eigenvalue weighted by Crippen LogP contribution is -2.47. The molecule has 4 nitrogen and oxygen atoms in total. The summed E-state index contributed by atoms with van der Waals surface area (Å²) in [5.41, 5.74) is -2.87. The summed E-state index contributed by atoms with van der Waals surface area (Å²) in [5.74, 6) is -1.32. The number of pyridine rings is 1. The van der Waals surface area contributed by atoms with Crippen molar-refractivity contribution < 1.29 is 18.7 Å². The molecule has 0 radical (unpaired) electrons. The molecule has 1 amide bonds. The van der Waals surface area contributed by atoms with Gasteiger partial charge in [0.1, 0.15) is 11.4 Å². The maximum Gasteiger partial charge on any atom is 0.262 e. The predicted molar refractivity (Wildman–Crippen MR) is 89.1 cm³/mol. The third-order valence-electron chi connectivity index (χ3n) is 4.52. The van der Waals surface area contributed by atoms with Crippen LogP contribution in [0, 0.1) is 5.82 Å². The van der Waals surface area contributed by atoms with Crippen LogP contribution in [0.2, 0.25) is 5.02 Å². The molecule has 3 rings (SSSR count). The zero-order chi connectivity index (χ0) is 18.2. The summed E-state index contributed by atoms with van der Waals surface area (Å²) in [5, 5.41) is 13.1. The van der Waals surface area contributed by atoms with Crippen LogP contribution >= 0.6 is 11.6 Å². The Morgan fingerprint density at radius 2 is 2.16 bits per heavy atom. The minimum absolute atomic E-state index is 0.0321. The number of aliphatic hydroxyl groups is 1. The fourth-order valence-electron chi connectivity index (χ4n) is 3.04. The molecule has 0 fully saturated rings. The van der Waals surface area contributed by atoms with E-state index in [0.717, 1.165) is 6.07 Å². The number of hydrogen-bond donors (Lipinski definition) is 2. The van der Waals surface area contributed by atoms with Crippen molar-refractivity contribution >= 4 is 17.5 Å². The molecule has 1 heterocycles. The lowest BCUT2D eigenvalue weighted by atomic mass is 9.75. The number of alkyl halides is 1. The summed E-state index contributed by atoms with van der Waals surface area (Å²) in [6.07, 6.45) is 1.36. The van der Waals surface area contributed by atoms with Crippen LogP contribution in [0.4, 0.5) is 8.78 Å². The van der Waals surface area contributed by atoms with Crippen molar-refractivity contribution in [3.63, 3.8) is 0 Å². The van der Waals surface area contributed by atoms with Gasteiger partial charge in [-0.1, -0.05) is 23.7 Å². The van der Waals surface area contributed by atoms with E-state index in [0.29, 0.717) is 5.56 Å². The largest absolute Gasteiger partial charge is 0.384 e. The van der Waals surface area contributed by atoms with Crippen molar-refractivity contribution in [1.29, 1.82) is 0 Å². The Bertz CT molecular complexity index is 828. The minimum atomic E-state index is -2.29. The monoisotopic (exact) mass is 366 g/mol. The van der Waals surface area contributed by atoms with E-state index < -0.39 is 23.0 Å². The normalized spacial score (nSPS) is 25.3. The van der Waals surface area contributed by atoms with Gasteiger partial charge >= 0.3 is 0 Å². The van der Waals surface area contributed by atoms with Gasteiger partial charge in [0.2, 0.25) is 5.67 Å². The molecule has 2 atom stereocenters. The van der Waals surface area contributed by atoms with Crippen LogP contribution < -0.4 is 5.32 Å². The van der Waals surface area contributed by atoms with Crippen molar-refractivity contribution in [3.8, 4) is 0 Å². The summed E-state index contributed by atoms with van der Waals surface area (Å²) in [6, 6.07) is 6.77. The van der Waals surface area contributed by atoms with Crippen LogP contribution in [-0.2, 0) is 22.6 Å². The maximum atomic E-state index is 15.5. The van der Waals surface area contributed by atoms with E-state index in [-0.39, 0.29) is 35.7 Å². The van der Waals surface area contributed by atoms with Crippen LogP contribution in [0.1, 0.15) is 36.6 Å². The third-order valence-corrected chi connectivity index (χ3v) is 4.87. The van der Waals surface area contributed by atoms with Crippen molar-refractivity contribution in [2.24, 2.45) is 0 Å². The summed E-state index contributed by atoms with van der Waals surface area (Å²) in [6.45, 7) is 1.52. The first-order valence-corrected chi connectivity index (χ1v) is 8.21. The lowest BCUT2D eigenvalue weighted by molar-refractivity contribution is -0.136. The van der Waals surface area contributed by atoms with Crippen LogP contribution in [0.15, 0.2) is 36.5 Å². The molecule has 7 heteroatoms. The first-order valence-electron chi connectivity index (χ1n) is 7.83. The van der Waals surface area contributed by atoms with Crippen LogP contribution in [-0.4, -0.2) is 16.0 Å². The van der Waals surface area contributed by atoms with Gasteiger partial charge in [0.05, 0.1) is 5.69 Å². The number of nitrogens with zero attached hydrogens (tertiary/aromatic N) is 1. The van der Waals surface area contributed by atoms with Gasteiger partial charge in [-0.05, 0) is 43.5 Å². The number of fused-ring (bicyclic) bond motifs is 1. The van der Waals surface area contributed by atoms with Gasteiger partial charge in [-0.15, -0.1) is 0 Å². The van der Waals surface area contributed by atoms with Gasteiger partial charge in [0.15, 0.2) is 0 Å². The van der Waals surface area contributed by atoms with E-state index in [1.165, 1.54) is 30.5 Å². The number of carbonyl (C=O) groups is 1. The molecule has 2 N–H and O–H groups in total. The molecule has 0 unspecified atom stereocenters. The van der Waals surface area contributed by atoms with Crippen LogP contribution in [0.25, 0.3) is 0 Å². The van der Waals surface area contributed by atoms with Crippen molar-refractivity contribution in [1.82, 2.24) is 10.3 Å². The molecular formula is C18H17ClF2N2O2.